The van der Waals surface area contributed by atoms with Gasteiger partial charge in [-0.1, -0.05) is 12.1 Å². The second kappa shape index (κ2) is 12.8. The normalized spacial score (nSPS) is 15.1. The van der Waals surface area contributed by atoms with E-state index in [4.69, 9.17) is 16.3 Å². The lowest BCUT2D eigenvalue weighted by atomic mass is 9.92. The lowest BCUT2D eigenvalue weighted by molar-refractivity contribution is -0.110. The number of hydrogen-bond acceptors (Lipinski definition) is 7. The Morgan fingerprint density at radius 1 is 1.18 bits per heavy atom. The Hall–Kier alpha value is -4.23. The van der Waals surface area contributed by atoms with E-state index in [1.165, 1.54) is 30.8 Å². The number of aromatic nitrogens is 1. The zero-order chi connectivity index (χ0) is 26.9. The highest BCUT2D eigenvalue weighted by molar-refractivity contribution is 5.95. The van der Waals surface area contributed by atoms with E-state index in [-0.39, 0.29) is 0 Å². The Kier molecular flexibility index (Phi) is 9.06. The van der Waals surface area contributed by atoms with Crippen molar-refractivity contribution in [2.45, 2.75) is 50.6 Å². The number of nitrogens with zero attached hydrogens (tertiary/aromatic N) is 4. The van der Waals surface area contributed by atoms with Gasteiger partial charge in [-0.25, -0.2) is 11.0 Å². The molecule has 0 atom stereocenters. The van der Waals surface area contributed by atoms with Crippen LogP contribution < -0.4 is 26.9 Å². The third-order valence-electron chi connectivity index (χ3n) is 7.19. The van der Waals surface area contributed by atoms with Gasteiger partial charge in [0.2, 0.25) is 6.41 Å². The summed E-state index contributed by atoms with van der Waals surface area (Å²) < 4.78 is 8.22. The lowest BCUT2D eigenvalue weighted by Crippen LogP contribution is -2.33. The number of amides is 1. The molecule has 200 valence electrons. The van der Waals surface area contributed by atoms with Crippen molar-refractivity contribution in [3.63, 3.8) is 0 Å². The van der Waals surface area contributed by atoms with Crippen LogP contribution in [0.5, 0.6) is 5.75 Å². The minimum absolute atomic E-state index is 0.368. The van der Waals surface area contributed by atoms with E-state index in [2.05, 4.69) is 38.5 Å². The number of carbonyl (C=O) groups is 1. The predicted octanol–water partition coefficient (Wildman–Crippen LogP) is 3.69. The van der Waals surface area contributed by atoms with Crippen LogP contribution in [0.3, 0.4) is 0 Å². The summed E-state index contributed by atoms with van der Waals surface area (Å²) >= 11 is 0. The first-order chi connectivity index (χ1) is 18.6. The summed E-state index contributed by atoms with van der Waals surface area (Å²) in [4.78, 5) is 9.70. The third kappa shape index (κ3) is 6.01. The molecule has 2 saturated carbocycles. The van der Waals surface area contributed by atoms with Crippen LogP contribution in [0.2, 0.25) is 0 Å². The molecule has 2 fully saturated rings. The molecule has 0 bridgehead atoms. The number of nitrogens with two attached hydrogens (primary N) is 2. The van der Waals surface area contributed by atoms with Gasteiger partial charge in [0, 0.05) is 36.3 Å². The van der Waals surface area contributed by atoms with Crippen molar-refractivity contribution in [1.29, 1.82) is 5.26 Å². The molecule has 6 N–H and O–H groups in total. The molecule has 10 nitrogen and oxygen atoms in total. The van der Waals surface area contributed by atoms with Crippen molar-refractivity contribution in [2.75, 3.05) is 25.5 Å². The first kappa shape index (κ1) is 26.8. The zero-order valence-corrected chi connectivity index (χ0v) is 21.8. The number of carbonyl (C=O) groups excluding carboxylic acids is 1. The Balaban J connectivity index is 0.000000417. The van der Waals surface area contributed by atoms with E-state index >= 15 is 0 Å². The standard InChI is InChI=1S/C23H27N7O.C5H9NO/c1-27-17-7-5-16(6-8-17)23-21(14-24)20-10-9-19(31-12-11-29(26)28-15-25)13-22(20)30(23)18-3-2-4-18;7-4-6-5-2-1-3-5/h5-10,13,15,18,27H,2-4,11-12,26H2,1H3,(H2,25,28);4-5H,1-3H2,(H,6,7). The van der Waals surface area contributed by atoms with Gasteiger partial charge in [0.15, 0.2) is 0 Å². The van der Waals surface area contributed by atoms with Gasteiger partial charge in [0.05, 0.1) is 23.3 Å². The molecule has 10 heteroatoms. The number of hydrazone groups is 1. The molecule has 2 aliphatic carbocycles. The van der Waals surface area contributed by atoms with Crippen LogP contribution in [-0.4, -0.2) is 48.7 Å². The molecule has 0 spiro atoms. The maximum absolute atomic E-state index is 10.0. The number of fused-ring (bicyclic) bond motifs is 1. The third-order valence-corrected chi connectivity index (χ3v) is 7.19. The average Bonchev–Trinajstić information content (AvgIpc) is 3.19. The van der Waals surface area contributed by atoms with Crippen LogP contribution in [0, 0.1) is 11.3 Å². The van der Waals surface area contributed by atoms with E-state index < -0.39 is 0 Å². The molecule has 1 heterocycles. The van der Waals surface area contributed by atoms with Crippen molar-refractivity contribution >= 4 is 29.3 Å². The molecule has 3 aromatic rings. The van der Waals surface area contributed by atoms with Crippen molar-refractivity contribution in [1.82, 2.24) is 15.0 Å². The Labute approximate surface area is 223 Å². The Morgan fingerprint density at radius 3 is 2.45 bits per heavy atom. The molecule has 0 unspecified atom stereocenters. The quantitative estimate of drug-likeness (QED) is 0.106. The lowest BCUT2D eigenvalue weighted by Gasteiger charge is -2.30. The molecule has 2 aliphatic rings. The molecular formula is C28H36N8O2. The number of hydrogen-bond donors (Lipinski definition) is 4. The molecule has 1 amide bonds. The first-order valence-electron chi connectivity index (χ1n) is 13.0. The fourth-order valence-electron chi connectivity index (χ4n) is 4.67. The Bertz CT molecular complexity index is 1290. The summed E-state index contributed by atoms with van der Waals surface area (Å²) in [6.07, 6.45) is 8.99. The van der Waals surface area contributed by atoms with Gasteiger partial charge in [-0.05, 0) is 68.4 Å². The van der Waals surface area contributed by atoms with Crippen LogP contribution in [0.4, 0.5) is 5.69 Å². The molecular weight excluding hydrogens is 480 g/mol. The largest absolute Gasteiger partial charge is 0.492 e. The van der Waals surface area contributed by atoms with Crippen molar-refractivity contribution in [3.8, 4) is 23.1 Å². The SMILES string of the molecule is CNc1ccc(-c2c(C#N)c3ccc(OCCN(N)/N=C\N)cc3n2C2CCC2)cc1.O=CNC1CCC1. The van der Waals surface area contributed by atoms with E-state index in [0.717, 1.165) is 59.2 Å². The number of hydrazine groups is 1. The maximum Gasteiger partial charge on any atom is 0.207 e. The van der Waals surface area contributed by atoms with E-state index in [9.17, 15) is 10.1 Å². The topological polar surface area (TPSA) is 147 Å². The molecule has 2 aromatic carbocycles. The summed E-state index contributed by atoms with van der Waals surface area (Å²) in [5, 5.41) is 21.8. The predicted molar refractivity (Wildman–Crippen MR) is 150 cm³/mol. The van der Waals surface area contributed by atoms with Crippen LogP contribution in [0.25, 0.3) is 22.2 Å². The monoisotopic (exact) mass is 516 g/mol. The molecule has 0 saturated heterocycles. The number of benzene rings is 2. The summed E-state index contributed by atoms with van der Waals surface area (Å²) in [6, 6.07) is 17.5. The van der Waals surface area contributed by atoms with Gasteiger partial charge >= 0.3 is 0 Å². The summed E-state index contributed by atoms with van der Waals surface area (Å²) in [5.74, 6) is 6.42. The van der Waals surface area contributed by atoms with Crippen LogP contribution in [-0.2, 0) is 4.79 Å². The smallest absolute Gasteiger partial charge is 0.207 e. The van der Waals surface area contributed by atoms with Gasteiger partial charge in [0.25, 0.3) is 0 Å². The number of rotatable bonds is 10. The summed E-state index contributed by atoms with van der Waals surface area (Å²) in [6.45, 7) is 0.773. The number of anilines is 1. The maximum atomic E-state index is 10.0. The van der Waals surface area contributed by atoms with E-state index in [1.54, 1.807) is 0 Å². The highest BCUT2D eigenvalue weighted by atomic mass is 16.5. The minimum atomic E-state index is 0.368. The molecule has 38 heavy (non-hydrogen) atoms. The molecule has 0 radical (unpaired) electrons. The fourth-order valence-corrected chi connectivity index (χ4v) is 4.67. The van der Waals surface area contributed by atoms with Crippen LogP contribution >= 0.6 is 0 Å². The van der Waals surface area contributed by atoms with Gasteiger partial charge in [-0.3, -0.25) is 4.79 Å². The van der Waals surface area contributed by atoms with E-state index in [0.29, 0.717) is 30.8 Å². The van der Waals surface area contributed by atoms with Crippen molar-refractivity contribution < 1.29 is 9.53 Å². The Morgan fingerprint density at radius 2 is 1.92 bits per heavy atom. The van der Waals surface area contributed by atoms with Crippen molar-refractivity contribution in [2.24, 2.45) is 16.7 Å². The average molecular weight is 517 g/mol. The minimum Gasteiger partial charge on any atom is -0.492 e. The highest BCUT2D eigenvalue weighted by Gasteiger charge is 2.28. The first-order valence-corrected chi connectivity index (χ1v) is 13.0. The number of ether oxygens (including phenoxy) is 1. The second-order valence-electron chi connectivity index (χ2n) is 9.48. The van der Waals surface area contributed by atoms with E-state index in [1.807, 2.05) is 37.4 Å². The number of nitrogens with one attached hydrogen (secondary N) is 2. The summed E-state index contributed by atoms with van der Waals surface area (Å²) in [7, 11) is 1.90. The van der Waals surface area contributed by atoms with Crippen molar-refractivity contribution in [3.05, 3.63) is 48.0 Å². The molecule has 0 aliphatic heterocycles. The summed E-state index contributed by atoms with van der Waals surface area (Å²) in [5.41, 5.74) is 10.0. The fraction of sp³-hybridized carbons (Fsp3) is 0.393. The second-order valence-corrected chi connectivity index (χ2v) is 9.48. The van der Waals surface area contributed by atoms with Gasteiger partial charge < -0.3 is 25.7 Å². The van der Waals surface area contributed by atoms with Crippen LogP contribution in [0.15, 0.2) is 47.6 Å². The van der Waals surface area contributed by atoms with Gasteiger partial charge in [0.1, 0.15) is 24.8 Å². The van der Waals surface area contributed by atoms with Gasteiger partial charge in [-0.15, -0.1) is 0 Å². The zero-order valence-electron chi connectivity index (χ0n) is 21.8. The highest BCUT2D eigenvalue weighted by Crippen LogP contribution is 2.43. The van der Waals surface area contributed by atoms with Gasteiger partial charge in [-0.2, -0.15) is 10.4 Å². The van der Waals surface area contributed by atoms with Crippen LogP contribution in [0.1, 0.15) is 50.1 Å². The molecule has 5 rings (SSSR count). The number of nitriles is 1. The molecule has 1 aromatic heterocycles.